The molecule has 0 bridgehead atoms. The number of methoxy groups -OCH3 is 3. The smallest absolute Gasteiger partial charge is 0.203 e. The number of hydrogen-bond donors (Lipinski definition) is 1. The standard InChI is InChI=1S/C23H22N2O3/c1-26-20-13-17(14-21(27-2)23(20)28-3)19-15-24-25(18-11-5-4-6-12-18)22(19)16-9-7-8-10-16/h4-15,24H,1-3H3. The number of hydrazine groups is 1. The summed E-state index contributed by atoms with van der Waals surface area (Å²) in [5.41, 5.74) is 8.62. The molecular weight excluding hydrogens is 352 g/mol. The van der Waals surface area contributed by atoms with E-state index in [9.17, 15) is 0 Å². The molecule has 1 N–H and O–H groups in total. The highest BCUT2D eigenvalue weighted by atomic mass is 16.5. The van der Waals surface area contributed by atoms with E-state index in [1.807, 2.05) is 48.7 Å². The Labute approximate surface area is 164 Å². The molecular formula is C23H22N2O3. The summed E-state index contributed by atoms with van der Waals surface area (Å²) in [6, 6.07) is 14.1. The van der Waals surface area contributed by atoms with Gasteiger partial charge in [0, 0.05) is 17.3 Å². The van der Waals surface area contributed by atoms with Crippen molar-refractivity contribution >= 4 is 11.3 Å². The van der Waals surface area contributed by atoms with Crippen LogP contribution in [-0.2, 0) is 0 Å². The zero-order chi connectivity index (χ0) is 19.5. The Balaban J connectivity index is 1.85. The van der Waals surface area contributed by atoms with Gasteiger partial charge in [-0.3, -0.25) is 5.01 Å². The van der Waals surface area contributed by atoms with Crippen molar-refractivity contribution < 1.29 is 14.2 Å². The maximum absolute atomic E-state index is 5.54. The quantitative estimate of drug-likeness (QED) is 0.837. The number of hydrogen-bond acceptors (Lipinski definition) is 5. The molecule has 0 aromatic heterocycles. The lowest BCUT2D eigenvalue weighted by molar-refractivity contribution is 0.324. The predicted molar refractivity (Wildman–Crippen MR) is 111 cm³/mol. The normalized spacial score (nSPS) is 15.0. The molecule has 5 heteroatoms. The highest BCUT2D eigenvalue weighted by Crippen LogP contribution is 2.43. The Morgan fingerprint density at radius 1 is 0.821 bits per heavy atom. The summed E-state index contributed by atoms with van der Waals surface area (Å²) in [5, 5.41) is 2.08. The van der Waals surface area contributed by atoms with E-state index in [0.717, 1.165) is 28.1 Å². The highest BCUT2D eigenvalue weighted by Gasteiger charge is 2.27. The number of nitrogens with zero attached hydrogens (tertiary/aromatic N) is 1. The maximum atomic E-state index is 5.54. The zero-order valence-electron chi connectivity index (χ0n) is 16.1. The first-order chi connectivity index (χ1) is 13.8. The summed E-state index contributed by atoms with van der Waals surface area (Å²) in [6.07, 6.45) is 10.3. The van der Waals surface area contributed by atoms with Crippen LogP contribution in [0, 0.1) is 0 Å². The topological polar surface area (TPSA) is 43.0 Å². The first kappa shape index (κ1) is 17.8. The first-order valence-corrected chi connectivity index (χ1v) is 8.98. The number of allylic oxidation sites excluding steroid dienone is 6. The van der Waals surface area contributed by atoms with Gasteiger partial charge in [0.15, 0.2) is 11.5 Å². The van der Waals surface area contributed by atoms with Crippen LogP contribution < -0.4 is 24.6 Å². The van der Waals surface area contributed by atoms with E-state index < -0.39 is 0 Å². The molecule has 0 amide bonds. The van der Waals surface area contributed by atoms with E-state index >= 15 is 0 Å². The minimum atomic E-state index is 0.579. The molecule has 5 nitrogen and oxygen atoms in total. The van der Waals surface area contributed by atoms with Crippen LogP contribution in [0.1, 0.15) is 5.56 Å². The van der Waals surface area contributed by atoms with Gasteiger partial charge in [-0.15, -0.1) is 0 Å². The van der Waals surface area contributed by atoms with Crippen molar-refractivity contribution in [2.75, 3.05) is 26.3 Å². The Morgan fingerprint density at radius 3 is 2.04 bits per heavy atom. The highest BCUT2D eigenvalue weighted by molar-refractivity contribution is 5.89. The number of anilines is 1. The van der Waals surface area contributed by atoms with Crippen molar-refractivity contribution in [3.05, 3.63) is 89.8 Å². The van der Waals surface area contributed by atoms with E-state index in [2.05, 4.69) is 34.7 Å². The minimum absolute atomic E-state index is 0.579. The molecule has 142 valence electrons. The molecule has 4 rings (SSSR count). The molecule has 0 fully saturated rings. The second-order valence-corrected chi connectivity index (χ2v) is 6.29. The minimum Gasteiger partial charge on any atom is -0.493 e. The average molecular weight is 374 g/mol. The Morgan fingerprint density at radius 2 is 1.46 bits per heavy atom. The Hall–Kier alpha value is -3.60. The molecule has 0 saturated heterocycles. The summed E-state index contributed by atoms with van der Waals surface area (Å²) < 4.78 is 16.5. The van der Waals surface area contributed by atoms with Crippen molar-refractivity contribution in [1.82, 2.24) is 5.43 Å². The number of para-hydroxylation sites is 1. The molecule has 0 spiro atoms. The van der Waals surface area contributed by atoms with E-state index in [1.165, 1.54) is 0 Å². The number of nitrogens with one attached hydrogen (secondary N) is 1. The predicted octanol–water partition coefficient (Wildman–Crippen LogP) is 4.46. The summed E-state index contributed by atoms with van der Waals surface area (Å²) in [7, 11) is 4.86. The lowest BCUT2D eigenvalue weighted by Gasteiger charge is -2.23. The van der Waals surface area contributed by atoms with E-state index in [-0.39, 0.29) is 0 Å². The molecule has 1 heterocycles. The van der Waals surface area contributed by atoms with Gasteiger partial charge in [0.2, 0.25) is 5.75 Å². The zero-order valence-corrected chi connectivity index (χ0v) is 16.1. The fourth-order valence-corrected chi connectivity index (χ4v) is 3.44. The van der Waals surface area contributed by atoms with Crippen LogP contribution >= 0.6 is 0 Å². The van der Waals surface area contributed by atoms with Crippen molar-refractivity contribution in [1.29, 1.82) is 0 Å². The third kappa shape index (κ3) is 3.01. The third-order valence-electron chi connectivity index (χ3n) is 4.74. The van der Waals surface area contributed by atoms with Crippen molar-refractivity contribution in [2.24, 2.45) is 0 Å². The molecule has 0 radical (unpaired) electrons. The van der Waals surface area contributed by atoms with Crippen molar-refractivity contribution in [2.45, 2.75) is 0 Å². The van der Waals surface area contributed by atoms with E-state index in [0.29, 0.717) is 17.2 Å². The lowest BCUT2D eigenvalue weighted by atomic mass is 9.99. The largest absolute Gasteiger partial charge is 0.493 e. The van der Waals surface area contributed by atoms with Gasteiger partial charge in [-0.2, -0.15) is 0 Å². The molecule has 2 aromatic carbocycles. The molecule has 2 aliphatic rings. The van der Waals surface area contributed by atoms with Gasteiger partial charge in [-0.05, 0) is 29.8 Å². The van der Waals surface area contributed by atoms with Crippen LogP contribution in [0.4, 0.5) is 5.69 Å². The average Bonchev–Trinajstić information content (AvgIpc) is 3.42. The van der Waals surface area contributed by atoms with Gasteiger partial charge in [0.05, 0.1) is 32.7 Å². The second-order valence-electron chi connectivity index (χ2n) is 6.29. The molecule has 1 aliphatic carbocycles. The SMILES string of the molecule is COc1cc(C2=CNN(c3ccccc3)C2=C2C=CC=C2)cc(OC)c1OC. The Bertz CT molecular complexity index is 965. The third-order valence-corrected chi connectivity index (χ3v) is 4.74. The molecule has 1 aliphatic heterocycles. The Kier molecular flexibility index (Phi) is 4.81. The fraction of sp³-hybridized carbons (Fsp3) is 0.130. The van der Waals surface area contributed by atoms with Gasteiger partial charge in [0.1, 0.15) is 0 Å². The maximum Gasteiger partial charge on any atom is 0.203 e. The summed E-state index contributed by atoms with van der Waals surface area (Å²) in [6.45, 7) is 0. The van der Waals surface area contributed by atoms with Gasteiger partial charge < -0.3 is 19.6 Å². The van der Waals surface area contributed by atoms with Gasteiger partial charge >= 0.3 is 0 Å². The van der Waals surface area contributed by atoms with Crippen molar-refractivity contribution in [3.8, 4) is 17.2 Å². The monoisotopic (exact) mass is 374 g/mol. The van der Waals surface area contributed by atoms with Gasteiger partial charge in [-0.25, -0.2) is 0 Å². The number of rotatable bonds is 5. The van der Waals surface area contributed by atoms with Crippen LogP contribution in [0.15, 0.2) is 84.2 Å². The van der Waals surface area contributed by atoms with Crippen LogP contribution in [0.3, 0.4) is 0 Å². The molecule has 28 heavy (non-hydrogen) atoms. The van der Waals surface area contributed by atoms with Gasteiger partial charge in [-0.1, -0.05) is 42.5 Å². The van der Waals surface area contributed by atoms with Gasteiger partial charge in [0.25, 0.3) is 0 Å². The summed E-state index contributed by atoms with van der Waals surface area (Å²) >= 11 is 0. The second kappa shape index (κ2) is 7.56. The van der Waals surface area contributed by atoms with Crippen LogP contribution in [0.5, 0.6) is 17.2 Å². The molecule has 2 aromatic rings. The van der Waals surface area contributed by atoms with Crippen LogP contribution in [0.25, 0.3) is 5.57 Å². The fourth-order valence-electron chi connectivity index (χ4n) is 3.44. The summed E-state index contributed by atoms with van der Waals surface area (Å²) in [4.78, 5) is 0. The summed E-state index contributed by atoms with van der Waals surface area (Å²) in [5.74, 6) is 1.82. The van der Waals surface area contributed by atoms with E-state index in [1.54, 1.807) is 21.3 Å². The molecule has 0 atom stereocenters. The van der Waals surface area contributed by atoms with E-state index in [4.69, 9.17) is 14.2 Å². The molecule has 0 unspecified atom stereocenters. The van der Waals surface area contributed by atoms with Crippen LogP contribution in [0.2, 0.25) is 0 Å². The molecule has 0 saturated carbocycles. The van der Waals surface area contributed by atoms with Crippen molar-refractivity contribution in [3.63, 3.8) is 0 Å². The van der Waals surface area contributed by atoms with Crippen LogP contribution in [-0.4, -0.2) is 21.3 Å². The lowest BCUT2D eigenvalue weighted by Crippen LogP contribution is -2.29. The number of benzene rings is 2. The first-order valence-electron chi connectivity index (χ1n) is 8.98. The number of ether oxygens (including phenoxy) is 3.